The quantitative estimate of drug-likeness (QED) is 0.265. The highest BCUT2D eigenvalue weighted by molar-refractivity contribution is 7.92. The van der Waals surface area contributed by atoms with Crippen LogP contribution >= 0.6 is 34.8 Å². The predicted molar refractivity (Wildman–Crippen MR) is 162 cm³/mol. The molecule has 0 spiro atoms. The number of nitrogens with zero attached hydrogens (tertiary/aromatic N) is 2. The van der Waals surface area contributed by atoms with E-state index >= 15 is 0 Å². The van der Waals surface area contributed by atoms with Crippen molar-refractivity contribution in [3.8, 4) is 0 Å². The Balaban J connectivity index is 2.10. The summed E-state index contributed by atoms with van der Waals surface area (Å²) >= 11 is 19.1. The standard InChI is InChI=1S/C29H32Cl3N3O4S/c1-5-20(3)33-29(37)21(4)34(17-24-25(31)12-9-13-26(24)32)28(36)18-35(27-16-22(30)15-14-19(27)2)40(38,39)23-10-7-6-8-11-23/h6-16,20-21H,5,17-18H2,1-4H3,(H,33,37)/t20-,21+/m0/s1. The Kier molecular flexibility index (Phi) is 10.9. The van der Waals surface area contributed by atoms with E-state index in [4.69, 9.17) is 34.8 Å². The maximum Gasteiger partial charge on any atom is 0.264 e. The van der Waals surface area contributed by atoms with Crippen LogP contribution in [-0.2, 0) is 26.2 Å². The van der Waals surface area contributed by atoms with Crippen LogP contribution in [0.25, 0.3) is 0 Å². The van der Waals surface area contributed by atoms with Crippen LogP contribution in [-0.4, -0.2) is 43.8 Å². The molecule has 0 aliphatic carbocycles. The molecule has 3 rings (SSSR count). The zero-order valence-corrected chi connectivity index (χ0v) is 25.8. The Labute approximate surface area is 251 Å². The fourth-order valence-electron chi connectivity index (χ4n) is 3.99. The van der Waals surface area contributed by atoms with E-state index in [0.29, 0.717) is 32.6 Å². The number of nitrogens with one attached hydrogen (secondary N) is 1. The molecule has 40 heavy (non-hydrogen) atoms. The number of hydrogen-bond acceptors (Lipinski definition) is 4. The molecule has 0 aliphatic rings. The third-order valence-electron chi connectivity index (χ3n) is 6.61. The molecule has 0 heterocycles. The average molecular weight is 625 g/mol. The predicted octanol–water partition coefficient (Wildman–Crippen LogP) is 6.48. The lowest BCUT2D eigenvalue weighted by Gasteiger charge is -2.33. The molecule has 2 atom stereocenters. The minimum Gasteiger partial charge on any atom is -0.352 e. The van der Waals surface area contributed by atoms with Crippen molar-refractivity contribution in [3.05, 3.63) is 92.9 Å². The topological polar surface area (TPSA) is 86.8 Å². The molecule has 3 aromatic rings. The van der Waals surface area contributed by atoms with Gasteiger partial charge in [0.05, 0.1) is 10.6 Å². The van der Waals surface area contributed by atoms with E-state index in [0.717, 1.165) is 4.31 Å². The van der Waals surface area contributed by atoms with Gasteiger partial charge in [0.2, 0.25) is 11.8 Å². The molecular weight excluding hydrogens is 593 g/mol. The normalized spacial score (nSPS) is 12.9. The second-order valence-corrected chi connectivity index (χ2v) is 12.6. The van der Waals surface area contributed by atoms with Crippen molar-refractivity contribution in [2.24, 2.45) is 0 Å². The first kappa shape index (κ1) is 31.7. The number of sulfonamides is 1. The number of carbonyl (C=O) groups excluding carboxylic acids is 2. The minimum atomic E-state index is -4.21. The van der Waals surface area contributed by atoms with Crippen molar-refractivity contribution in [2.75, 3.05) is 10.8 Å². The Hall–Kier alpha value is -2.78. The molecule has 0 fully saturated rings. The summed E-state index contributed by atoms with van der Waals surface area (Å²) in [5.74, 6) is -1.01. The molecule has 11 heteroatoms. The number of aryl methyl sites for hydroxylation is 1. The Bertz CT molecular complexity index is 1450. The average Bonchev–Trinajstić information content (AvgIpc) is 2.92. The van der Waals surface area contributed by atoms with Gasteiger partial charge in [0.25, 0.3) is 10.0 Å². The van der Waals surface area contributed by atoms with Gasteiger partial charge in [0.15, 0.2) is 0 Å². The van der Waals surface area contributed by atoms with E-state index in [-0.39, 0.29) is 29.1 Å². The number of halogens is 3. The van der Waals surface area contributed by atoms with Crippen molar-refractivity contribution < 1.29 is 18.0 Å². The SMILES string of the molecule is CC[C@H](C)NC(=O)[C@@H](C)N(Cc1c(Cl)cccc1Cl)C(=O)CN(c1cc(Cl)ccc1C)S(=O)(=O)c1ccccc1. The second-order valence-electron chi connectivity index (χ2n) is 9.47. The van der Waals surface area contributed by atoms with Crippen LogP contribution in [0.15, 0.2) is 71.6 Å². The molecular formula is C29H32Cl3N3O4S. The van der Waals surface area contributed by atoms with Crippen LogP contribution in [0.1, 0.15) is 38.3 Å². The van der Waals surface area contributed by atoms with Crippen LogP contribution in [0.2, 0.25) is 15.1 Å². The van der Waals surface area contributed by atoms with Gasteiger partial charge in [-0.05, 0) is 69.2 Å². The first-order chi connectivity index (χ1) is 18.9. The maximum atomic E-state index is 14.1. The Morgan fingerprint density at radius 3 is 2.15 bits per heavy atom. The minimum absolute atomic E-state index is 0.00503. The van der Waals surface area contributed by atoms with Crippen molar-refractivity contribution in [1.29, 1.82) is 0 Å². The van der Waals surface area contributed by atoms with E-state index < -0.39 is 28.5 Å². The van der Waals surface area contributed by atoms with Crippen LogP contribution in [0.4, 0.5) is 5.69 Å². The van der Waals surface area contributed by atoms with Crippen LogP contribution < -0.4 is 9.62 Å². The number of anilines is 1. The van der Waals surface area contributed by atoms with Crippen molar-refractivity contribution in [3.63, 3.8) is 0 Å². The van der Waals surface area contributed by atoms with Gasteiger partial charge in [-0.2, -0.15) is 0 Å². The molecule has 0 radical (unpaired) electrons. The van der Waals surface area contributed by atoms with Gasteiger partial charge in [-0.15, -0.1) is 0 Å². The highest BCUT2D eigenvalue weighted by Gasteiger charge is 2.34. The van der Waals surface area contributed by atoms with E-state index in [1.54, 1.807) is 62.4 Å². The summed E-state index contributed by atoms with van der Waals surface area (Å²) in [6, 6.07) is 16.5. The van der Waals surface area contributed by atoms with Crippen LogP contribution in [0.3, 0.4) is 0 Å². The summed E-state index contributed by atoms with van der Waals surface area (Å²) in [6.45, 7) is 6.40. The first-order valence-electron chi connectivity index (χ1n) is 12.7. The van der Waals surface area contributed by atoms with Crippen LogP contribution in [0.5, 0.6) is 0 Å². The number of hydrogen-bond donors (Lipinski definition) is 1. The largest absolute Gasteiger partial charge is 0.352 e. The summed E-state index contributed by atoms with van der Waals surface area (Å²) in [4.78, 5) is 28.5. The Morgan fingerprint density at radius 1 is 0.925 bits per heavy atom. The summed E-state index contributed by atoms with van der Waals surface area (Å²) in [5, 5.41) is 3.83. The molecule has 0 saturated carbocycles. The number of benzene rings is 3. The fourth-order valence-corrected chi connectivity index (χ4v) is 6.16. The van der Waals surface area contributed by atoms with Crippen LogP contribution in [0, 0.1) is 6.92 Å². The van der Waals surface area contributed by atoms with Gasteiger partial charge >= 0.3 is 0 Å². The molecule has 214 valence electrons. The maximum absolute atomic E-state index is 14.1. The number of carbonyl (C=O) groups is 2. The Morgan fingerprint density at radius 2 is 1.55 bits per heavy atom. The smallest absolute Gasteiger partial charge is 0.264 e. The lowest BCUT2D eigenvalue weighted by molar-refractivity contribution is -0.139. The highest BCUT2D eigenvalue weighted by atomic mass is 35.5. The van der Waals surface area contributed by atoms with Gasteiger partial charge in [0, 0.05) is 33.2 Å². The van der Waals surface area contributed by atoms with Gasteiger partial charge in [-0.3, -0.25) is 13.9 Å². The molecule has 0 bridgehead atoms. The van der Waals surface area contributed by atoms with Crippen molar-refractivity contribution in [1.82, 2.24) is 10.2 Å². The molecule has 7 nitrogen and oxygen atoms in total. The third-order valence-corrected chi connectivity index (χ3v) is 9.33. The molecule has 0 aliphatic heterocycles. The summed E-state index contributed by atoms with van der Waals surface area (Å²) in [5.41, 5.74) is 1.29. The molecule has 0 saturated heterocycles. The second kappa shape index (κ2) is 13.7. The van der Waals surface area contributed by atoms with Crippen molar-refractivity contribution >= 4 is 62.3 Å². The van der Waals surface area contributed by atoms with Crippen molar-refractivity contribution in [2.45, 2.75) is 57.6 Å². The molecule has 1 N–H and O–H groups in total. The summed E-state index contributed by atoms with van der Waals surface area (Å²) < 4.78 is 28.8. The molecule has 0 aromatic heterocycles. The van der Waals surface area contributed by atoms with Gasteiger partial charge in [0.1, 0.15) is 12.6 Å². The summed E-state index contributed by atoms with van der Waals surface area (Å²) in [6.07, 6.45) is 0.694. The molecule has 0 unspecified atom stereocenters. The van der Waals surface area contributed by atoms with E-state index in [2.05, 4.69) is 5.32 Å². The number of rotatable bonds is 11. The monoisotopic (exact) mass is 623 g/mol. The van der Waals surface area contributed by atoms with Gasteiger partial charge in [-0.25, -0.2) is 8.42 Å². The number of amides is 2. The molecule has 3 aromatic carbocycles. The lowest BCUT2D eigenvalue weighted by atomic mass is 10.1. The zero-order valence-electron chi connectivity index (χ0n) is 22.7. The first-order valence-corrected chi connectivity index (χ1v) is 15.3. The van der Waals surface area contributed by atoms with E-state index in [1.807, 2.05) is 13.8 Å². The summed E-state index contributed by atoms with van der Waals surface area (Å²) in [7, 11) is -4.21. The van der Waals surface area contributed by atoms with Gasteiger partial charge < -0.3 is 10.2 Å². The molecule has 2 amide bonds. The lowest BCUT2D eigenvalue weighted by Crippen LogP contribution is -2.52. The van der Waals surface area contributed by atoms with Gasteiger partial charge in [-0.1, -0.05) is 72.1 Å². The zero-order chi connectivity index (χ0) is 29.6. The van der Waals surface area contributed by atoms with E-state index in [9.17, 15) is 18.0 Å². The highest BCUT2D eigenvalue weighted by Crippen LogP contribution is 2.31. The third kappa shape index (κ3) is 7.49. The van der Waals surface area contributed by atoms with E-state index in [1.165, 1.54) is 23.1 Å². The fraction of sp³-hybridized carbons (Fsp3) is 0.310.